The molecule has 2 heterocycles. The van der Waals surface area contributed by atoms with Crippen LogP contribution in [0.1, 0.15) is 11.3 Å². The van der Waals surface area contributed by atoms with Crippen molar-refractivity contribution in [1.29, 1.82) is 0 Å². The molecule has 0 spiro atoms. The summed E-state index contributed by atoms with van der Waals surface area (Å²) < 4.78 is 0. The number of hydrogen-bond acceptors (Lipinski definition) is 4. The van der Waals surface area contributed by atoms with Crippen LogP contribution in [0.15, 0.2) is 42.9 Å². The van der Waals surface area contributed by atoms with E-state index in [2.05, 4.69) is 15.2 Å². The number of hydrogen-bond donors (Lipinski definition) is 1. The quantitative estimate of drug-likeness (QED) is 0.827. The highest BCUT2D eigenvalue weighted by Crippen LogP contribution is 2.05. The molecule has 2 aromatic rings. The second-order valence-corrected chi connectivity index (χ2v) is 3.64. The molecule has 4 heteroatoms. The second kappa shape index (κ2) is 5.32. The highest BCUT2D eigenvalue weighted by atomic mass is 16.3. The molecular weight excluding hydrogens is 202 g/mol. The molecular formula is C12H13N3O. The first-order chi connectivity index (χ1) is 7.84. The number of aliphatic hydroxyl groups is 1. The number of pyridine rings is 1. The molecule has 2 aromatic heterocycles. The lowest BCUT2D eigenvalue weighted by atomic mass is 10.1. The van der Waals surface area contributed by atoms with Crippen molar-refractivity contribution in [2.24, 2.45) is 0 Å². The fourth-order valence-electron chi connectivity index (χ4n) is 1.55. The molecule has 2 rings (SSSR count). The van der Waals surface area contributed by atoms with Crippen LogP contribution in [0.3, 0.4) is 0 Å². The summed E-state index contributed by atoms with van der Waals surface area (Å²) in [6, 6.07) is 7.50. The Morgan fingerprint density at radius 2 is 2.00 bits per heavy atom. The lowest BCUT2D eigenvalue weighted by Gasteiger charge is -2.08. The third-order valence-electron chi connectivity index (χ3n) is 2.27. The average molecular weight is 215 g/mol. The molecule has 0 saturated heterocycles. The van der Waals surface area contributed by atoms with Gasteiger partial charge in [-0.1, -0.05) is 6.07 Å². The minimum atomic E-state index is -0.444. The monoisotopic (exact) mass is 215 g/mol. The Balaban J connectivity index is 1.92. The summed E-state index contributed by atoms with van der Waals surface area (Å²) in [5.41, 5.74) is 1.83. The Morgan fingerprint density at radius 1 is 1.12 bits per heavy atom. The van der Waals surface area contributed by atoms with E-state index in [1.54, 1.807) is 18.6 Å². The predicted molar refractivity (Wildman–Crippen MR) is 59.7 cm³/mol. The summed E-state index contributed by atoms with van der Waals surface area (Å²) in [5, 5.41) is 17.6. The highest BCUT2D eigenvalue weighted by Gasteiger charge is 2.07. The predicted octanol–water partition coefficient (Wildman–Crippen LogP) is 1.02. The van der Waals surface area contributed by atoms with Gasteiger partial charge < -0.3 is 5.11 Å². The Kier molecular flexibility index (Phi) is 3.56. The van der Waals surface area contributed by atoms with Gasteiger partial charge in [0.25, 0.3) is 0 Å². The molecule has 16 heavy (non-hydrogen) atoms. The van der Waals surface area contributed by atoms with E-state index in [4.69, 9.17) is 0 Å². The van der Waals surface area contributed by atoms with E-state index in [0.29, 0.717) is 12.8 Å². The van der Waals surface area contributed by atoms with E-state index in [9.17, 15) is 5.11 Å². The molecule has 0 bridgehead atoms. The van der Waals surface area contributed by atoms with Crippen LogP contribution >= 0.6 is 0 Å². The normalized spacial score (nSPS) is 12.3. The van der Waals surface area contributed by atoms with Crippen molar-refractivity contribution >= 4 is 0 Å². The summed E-state index contributed by atoms with van der Waals surface area (Å²) in [6.45, 7) is 0. The first-order valence-corrected chi connectivity index (χ1v) is 5.18. The molecule has 0 amide bonds. The van der Waals surface area contributed by atoms with E-state index in [0.717, 1.165) is 11.3 Å². The zero-order valence-electron chi connectivity index (χ0n) is 8.82. The van der Waals surface area contributed by atoms with Crippen LogP contribution in [0.2, 0.25) is 0 Å². The molecule has 82 valence electrons. The van der Waals surface area contributed by atoms with Gasteiger partial charge in [0.05, 0.1) is 11.8 Å². The smallest absolute Gasteiger partial charge is 0.0656 e. The van der Waals surface area contributed by atoms with Gasteiger partial charge >= 0.3 is 0 Å². The minimum Gasteiger partial charge on any atom is -0.392 e. The summed E-state index contributed by atoms with van der Waals surface area (Å²) in [5.74, 6) is 0. The fourth-order valence-corrected chi connectivity index (χ4v) is 1.55. The lowest BCUT2D eigenvalue weighted by molar-refractivity contribution is 0.174. The number of aliphatic hydroxyl groups excluding tert-OH is 1. The van der Waals surface area contributed by atoms with Crippen LogP contribution in [-0.4, -0.2) is 26.4 Å². The summed E-state index contributed by atoms with van der Waals surface area (Å²) >= 11 is 0. The lowest BCUT2D eigenvalue weighted by Crippen LogP contribution is -2.15. The maximum atomic E-state index is 9.86. The standard InChI is InChI=1S/C12H13N3O/c16-12(7-10-3-1-5-13-9-10)8-11-4-2-6-14-15-11/h1-6,9,12,16H,7-8H2. The first kappa shape index (κ1) is 10.7. The van der Waals surface area contributed by atoms with Gasteiger partial charge in [-0.15, -0.1) is 0 Å². The zero-order chi connectivity index (χ0) is 11.2. The third-order valence-corrected chi connectivity index (χ3v) is 2.27. The van der Waals surface area contributed by atoms with Gasteiger partial charge in [-0.25, -0.2) is 0 Å². The largest absolute Gasteiger partial charge is 0.392 e. The Hall–Kier alpha value is -1.81. The van der Waals surface area contributed by atoms with Crippen LogP contribution in [0.4, 0.5) is 0 Å². The minimum absolute atomic E-state index is 0.444. The summed E-state index contributed by atoms with van der Waals surface area (Å²) in [7, 11) is 0. The van der Waals surface area contributed by atoms with Crippen molar-refractivity contribution in [2.45, 2.75) is 18.9 Å². The molecule has 0 saturated carbocycles. The maximum Gasteiger partial charge on any atom is 0.0656 e. The summed E-state index contributed by atoms with van der Waals surface area (Å²) in [6.07, 6.45) is 5.77. The van der Waals surface area contributed by atoms with E-state index >= 15 is 0 Å². The van der Waals surface area contributed by atoms with Gasteiger partial charge in [-0.3, -0.25) is 4.98 Å². The van der Waals surface area contributed by atoms with Crippen molar-refractivity contribution in [1.82, 2.24) is 15.2 Å². The van der Waals surface area contributed by atoms with Crippen LogP contribution in [0, 0.1) is 0 Å². The first-order valence-electron chi connectivity index (χ1n) is 5.18. The highest BCUT2D eigenvalue weighted by molar-refractivity contribution is 5.10. The zero-order valence-corrected chi connectivity index (χ0v) is 8.82. The molecule has 1 unspecified atom stereocenters. The Bertz CT molecular complexity index is 377. The number of aromatic nitrogens is 3. The van der Waals surface area contributed by atoms with E-state index in [1.165, 1.54) is 0 Å². The van der Waals surface area contributed by atoms with Gasteiger partial charge in [0.1, 0.15) is 0 Å². The van der Waals surface area contributed by atoms with Gasteiger partial charge in [0.2, 0.25) is 0 Å². The average Bonchev–Trinajstić information content (AvgIpc) is 2.31. The molecule has 0 aromatic carbocycles. The van der Waals surface area contributed by atoms with Crippen molar-refractivity contribution in [2.75, 3.05) is 0 Å². The molecule has 0 fully saturated rings. The van der Waals surface area contributed by atoms with E-state index in [1.807, 2.05) is 24.3 Å². The van der Waals surface area contributed by atoms with Crippen LogP contribution in [0.25, 0.3) is 0 Å². The Labute approximate surface area is 94.0 Å². The maximum absolute atomic E-state index is 9.86. The molecule has 4 nitrogen and oxygen atoms in total. The van der Waals surface area contributed by atoms with Gasteiger partial charge in [-0.05, 0) is 23.8 Å². The SMILES string of the molecule is OC(Cc1cccnc1)Cc1cccnn1. The number of rotatable bonds is 4. The van der Waals surface area contributed by atoms with E-state index < -0.39 is 6.10 Å². The third kappa shape index (κ3) is 3.10. The van der Waals surface area contributed by atoms with Crippen LogP contribution in [0.5, 0.6) is 0 Å². The van der Waals surface area contributed by atoms with Crippen molar-refractivity contribution in [3.8, 4) is 0 Å². The van der Waals surface area contributed by atoms with Gasteiger partial charge in [0, 0.05) is 31.4 Å². The van der Waals surface area contributed by atoms with Crippen LogP contribution in [-0.2, 0) is 12.8 Å². The van der Waals surface area contributed by atoms with Crippen molar-refractivity contribution in [3.05, 3.63) is 54.1 Å². The molecule has 1 atom stereocenters. The van der Waals surface area contributed by atoms with Crippen LogP contribution < -0.4 is 0 Å². The molecule has 0 aliphatic rings. The molecule has 0 aliphatic carbocycles. The molecule has 1 N–H and O–H groups in total. The van der Waals surface area contributed by atoms with Gasteiger partial charge in [-0.2, -0.15) is 10.2 Å². The van der Waals surface area contributed by atoms with Crippen molar-refractivity contribution in [3.63, 3.8) is 0 Å². The summed E-state index contributed by atoms with van der Waals surface area (Å²) in [4.78, 5) is 4.01. The Morgan fingerprint density at radius 3 is 2.69 bits per heavy atom. The fraction of sp³-hybridized carbons (Fsp3) is 0.250. The molecule has 0 radical (unpaired) electrons. The topological polar surface area (TPSA) is 58.9 Å². The molecule has 0 aliphatic heterocycles. The van der Waals surface area contributed by atoms with Gasteiger partial charge in [0.15, 0.2) is 0 Å². The van der Waals surface area contributed by atoms with Crippen molar-refractivity contribution < 1.29 is 5.11 Å². The second-order valence-electron chi connectivity index (χ2n) is 3.64. The number of nitrogens with zero attached hydrogens (tertiary/aromatic N) is 3. The van der Waals surface area contributed by atoms with E-state index in [-0.39, 0.29) is 0 Å².